The van der Waals surface area contributed by atoms with Crippen LogP contribution in [-0.4, -0.2) is 33.9 Å². The summed E-state index contributed by atoms with van der Waals surface area (Å²) in [6.07, 6.45) is 3.46. The molecular weight excluding hydrogens is 245 g/mol. The van der Waals surface area contributed by atoms with Gasteiger partial charge in [-0.2, -0.15) is 10.4 Å². The molecule has 0 unspecified atom stereocenters. The maximum Gasteiger partial charge on any atom is 0.142 e. The Labute approximate surface area is 111 Å². The number of nitriles is 1. The number of pyridine rings is 1. The van der Waals surface area contributed by atoms with E-state index in [0.717, 1.165) is 15.9 Å². The zero-order valence-electron chi connectivity index (χ0n) is 10.6. The molecule has 2 rings (SSSR count). The van der Waals surface area contributed by atoms with Crippen molar-refractivity contribution in [2.24, 2.45) is 0 Å². The molecule has 0 aliphatic carbocycles. The van der Waals surface area contributed by atoms with Crippen LogP contribution in [0.5, 0.6) is 0 Å². The van der Waals surface area contributed by atoms with Gasteiger partial charge in [-0.25, -0.2) is 4.52 Å². The summed E-state index contributed by atoms with van der Waals surface area (Å²) in [6.45, 7) is 3.57. The first-order chi connectivity index (χ1) is 8.40. The van der Waals surface area contributed by atoms with Crippen molar-refractivity contribution < 1.29 is 5.11 Å². The molecule has 0 aliphatic heterocycles. The van der Waals surface area contributed by atoms with E-state index in [2.05, 4.69) is 11.2 Å². The van der Waals surface area contributed by atoms with E-state index in [1.165, 1.54) is 0 Å². The monoisotopic (exact) mass is 259 g/mol. The fourth-order valence-corrected chi connectivity index (χ4v) is 2.67. The van der Waals surface area contributed by atoms with E-state index in [1.807, 2.05) is 20.1 Å². The van der Waals surface area contributed by atoms with Crippen LogP contribution >= 0.6 is 11.8 Å². The van der Waals surface area contributed by atoms with Gasteiger partial charge in [0.25, 0.3) is 0 Å². The van der Waals surface area contributed by atoms with Crippen molar-refractivity contribution in [3.63, 3.8) is 0 Å². The first kappa shape index (κ1) is 13.0. The lowest BCUT2D eigenvalue weighted by atomic mass is 9.95. The highest BCUT2D eigenvalue weighted by Crippen LogP contribution is 2.22. The predicted molar refractivity (Wildman–Crippen MR) is 75.1 cm³/mol. The molecule has 0 saturated carbocycles. The zero-order valence-corrected chi connectivity index (χ0v) is 11.5. The van der Waals surface area contributed by atoms with Gasteiger partial charge in [0.05, 0.1) is 22.9 Å². The molecule has 0 fully saturated rings. The standard InChI is InChI=1S/C12H14BN3OS/c1-12(2,17)7-18-9-3-10(13)11-8(4-14)5-15-16(11)6-9/h3,5-6,17H,7,13H2,1-2H3. The highest BCUT2D eigenvalue weighted by molar-refractivity contribution is 7.99. The Hall–Kier alpha value is -1.45. The van der Waals surface area contributed by atoms with Crippen molar-refractivity contribution in [3.8, 4) is 6.07 Å². The third-order valence-corrected chi connectivity index (χ3v) is 3.90. The number of rotatable bonds is 3. The van der Waals surface area contributed by atoms with Gasteiger partial charge in [0.1, 0.15) is 13.9 Å². The van der Waals surface area contributed by atoms with Crippen LogP contribution in [0.2, 0.25) is 0 Å². The highest BCUT2D eigenvalue weighted by Gasteiger charge is 2.14. The van der Waals surface area contributed by atoms with E-state index >= 15 is 0 Å². The molecule has 0 aliphatic rings. The van der Waals surface area contributed by atoms with Gasteiger partial charge in [0, 0.05) is 16.8 Å². The van der Waals surface area contributed by atoms with Crippen molar-refractivity contribution in [3.05, 3.63) is 24.0 Å². The summed E-state index contributed by atoms with van der Waals surface area (Å²) in [7, 11) is 1.96. The molecule has 92 valence electrons. The minimum absolute atomic E-state index is 0.589. The molecule has 0 radical (unpaired) electrons. The molecule has 0 amide bonds. The summed E-state index contributed by atoms with van der Waals surface area (Å²) in [4.78, 5) is 1.04. The first-order valence-electron chi connectivity index (χ1n) is 5.64. The predicted octanol–water partition coefficient (Wildman–Crippen LogP) is 0.327. The lowest BCUT2D eigenvalue weighted by Crippen LogP contribution is -2.21. The lowest BCUT2D eigenvalue weighted by Gasteiger charge is -2.16. The molecule has 2 heterocycles. The largest absolute Gasteiger partial charge is 0.390 e. The maximum atomic E-state index is 9.72. The van der Waals surface area contributed by atoms with Gasteiger partial charge in [0.15, 0.2) is 0 Å². The van der Waals surface area contributed by atoms with Gasteiger partial charge in [-0.3, -0.25) is 0 Å². The molecule has 2 aromatic heterocycles. The summed E-state index contributed by atoms with van der Waals surface area (Å²) in [6, 6.07) is 4.16. The lowest BCUT2D eigenvalue weighted by molar-refractivity contribution is 0.107. The molecule has 2 aromatic rings. The summed E-state index contributed by atoms with van der Waals surface area (Å²) in [5, 5.41) is 22.9. The van der Waals surface area contributed by atoms with Gasteiger partial charge < -0.3 is 5.11 Å². The second-order valence-corrected chi connectivity index (χ2v) is 5.97. The number of hydrogen-bond acceptors (Lipinski definition) is 4. The third-order valence-electron chi connectivity index (χ3n) is 2.49. The van der Waals surface area contributed by atoms with Crippen molar-refractivity contribution >= 4 is 30.6 Å². The fraction of sp³-hybridized carbons (Fsp3) is 0.333. The number of aromatic nitrogens is 2. The van der Waals surface area contributed by atoms with Crippen molar-refractivity contribution in [1.82, 2.24) is 9.61 Å². The van der Waals surface area contributed by atoms with Crippen LogP contribution in [-0.2, 0) is 0 Å². The van der Waals surface area contributed by atoms with Crippen molar-refractivity contribution in [2.75, 3.05) is 5.75 Å². The van der Waals surface area contributed by atoms with E-state index < -0.39 is 5.60 Å². The molecule has 0 atom stereocenters. The van der Waals surface area contributed by atoms with Crippen molar-refractivity contribution in [2.45, 2.75) is 24.3 Å². The van der Waals surface area contributed by atoms with Crippen LogP contribution in [0.4, 0.5) is 0 Å². The number of fused-ring (bicyclic) bond motifs is 1. The van der Waals surface area contributed by atoms with Crippen LogP contribution < -0.4 is 5.46 Å². The van der Waals surface area contributed by atoms with Crippen molar-refractivity contribution in [1.29, 1.82) is 5.26 Å². The molecule has 0 spiro atoms. The van der Waals surface area contributed by atoms with E-state index in [9.17, 15) is 5.11 Å². The van der Waals surface area contributed by atoms with Gasteiger partial charge in [-0.05, 0) is 13.8 Å². The second kappa shape index (κ2) is 4.67. The van der Waals surface area contributed by atoms with Crippen LogP contribution in [0, 0.1) is 11.3 Å². The minimum Gasteiger partial charge on any atom is -0.390 e. The second-order valence-electron chi connectivity index (χ2n) is 4.92. The molecular formula is C12H14BN3OS. The van der Waals surface area contributed by atoms with E-state index in [-0.39, 0.29) is 0 Å². The molecule has 18 heavy (non-hydrogen) atoms. The Bertz CT molecular complexity index is 625. The number of nitrogens with zero attached hydrogens (tertiary/aromatic N) is 3. The Morgan fingerprint density at radius 3 is 2.94 bits per heavy atom. The SMILES string of the molecule is Bc1cc(SCC(C)(C)O)cn2ncc(C#N)c12. The molecule has 6 heteroatoms. The van der Waals surface area contributed by atoms with Crippen LogP contribution in [0.15, 0.2) is 23.4 Å². The van der Waals surface area contributed by atoms with Crippen LogP contribution in [0.1, 0.15) is 19.4 Å². The normalized spacial score (nSPS) is 11.7. The third kappa shape index (κ3) is 2.69. The minimum atomic E-state index is -0.699. The Kier molecular flexibility index (Phi) is 3.37. The Morgan fingerprint density at radius 1 is 1.61 bits per heavy atom. The van der Waals surface area contributed by atoms with E-state index in [4.69, 9.17) is 5.26 Å². The van der Waals surface area contributed by atoms with E-state index in [1.54, 1.807) is 36.3 Å². The average molecular weight is 259 g/mol. The summed E-state index contributed by atoms with van der Waals surface area (Å²) in [5.41, 5.74) is 1.76. The number of aliphatic hydroxyl groups is 1. The van der Waals surface area contributed by atoms with Crippen LogP contribution in [0.3, 0.4) is 0 Å². The first-order valence-corrected chi connectivity index (χ1v) is 6.62. The molecule has 0 saturated heterocycles. The summed E-state index contributed by atoms with van der Waals surface area (Å²) in [5.74, 6) is 0.615. The van der Waals surface area contributed by atoms with Gasteiger partial charge >= 0.3 is 0 Å². The zero-order chi connectivity index (χ0) is 13.3. The average Bonchev–Trinajstić information content (AvgIpc) is 2.69. The quantitative estimate of drug-likeness (QED) is 0.637. The summed E-state index contributed by atoms with van der Waals surface area (Å²) >= 11 is 1.58. The van der Waals surface area contributed by atoms with Gasteiger partial charge in [-0.15, -0.1) is 11.8 Å². The van der Waals surface area contributed by atoms with Gasteiger partial charge in [-0.1, -0.05) is 11.5 Å². The maximum absolute atomic E-state index is 9.72. The smallest absolute Gasteiger partial charge is 0.142 e. The number of hydrogen-bond donors (Lipinski definition) is 1. The fourth-order valence-electron chi connectivity index (χ4n) is 1.71. The summed E-state index contributed by atoms with van der Waals surface area (Å²) < 4.78 is 1.72. The highest BCUT2D eigenvalue weighted by atomic mass is 32.2. The topological polar surface area (TPSA) is 61.3 Å². The Morgan fingerprint density at radius 2 is 2.33 bits per heavy atom. The van der Waals surface area contributed by atoms with Crippen LogP contribution in [0.25, 0.3) is 5.52 Å². The number of thioether (sulfide) groups is 1. The molecule has 4 nitrogen and oxygen atoms in total. The molecule has 0 aromatic carbocycles. The molecule has 0 bridgehead atoms. The van der Waals surface area contributed by atoms with Gasteiger partial charge in [0.2, 0.25) is 0 Å². The molecule has 1 N–H and O–H groups in total. The Balaban J connectivity index is 2.36. The van der Waals surface area contributed by atoms with E-state index in [0.29, 0.717) is 11.3 Å².